The number of aliphatic hydroxyl groups is 2. The van der Waals surface area contributed by atoms with Gasteiger partial charge < -0.3 is 30.5 Å². The number of aromatic nitrogens is 1. The van der Waals surface area contributed by atoms with Crippen LogP contribution in [-0.2, 0) is 22.4 Å². The summed E-state index contributed by atoms with van der Waals surface area (Å²) in [4.78, 5) is 33.2. The summed E-state index contributed by atoms with van der Waals surface area (Å²) in [6.07, 6.45) is 1.85. The molecule has 0 aliphatic heterocycles. The van der Waals surface area contributed by atoms with Gasteiger partial charge in [0.1, 0.15) is 17.2 Å². The monoisotopic (exact) mass is 662 g/mol. The van der Waals surface area contributed by atoms with Crippen molar-refractivity contribution in [2.75, 3.05) is 19.0 Å². The van der Waals surface area contributed by atoms with E-state index in [-0.39, 0.29) is 31.1 Å². The topological polar surface area (TPSA) is 124 Å². The van der Waals surface area contributed by atoms with Gasteiger partial charge in [-0.15, -0.1) is 0 Å². The van der Waals surface area contributed by atoms with Gasteiger partial charge in [-0.25, -0.2) is 14.2 Å². The Kier molecular flexibility index (Phi) is 12.6. The largest absolute Gasteiger partial charge is 0.444 e. The first-order valence-electron chi connectivity index (χ1n) is 16.8. The summed E-state index contributed by atoms with van der Waals surface area (Å²) in [6.45, 7) is 7.26. The van der Waals surface area contributed by atoms with Crippen LogP contribution in [0, 0.1) is 17.7 Å². The van der Waals surface area contributed by atoms with Crippen molar-refractivity contribution in [2.24, 2.45) is 11.8 Å². The molecule has 4 rings (SSSR count). The summed E-state index contributed by atoms with van der Waals surface area (Å²) in [6, 6.07) is 16.8. The van der Waals surface area contributed by atoms with Crippen LogP contribution < -0.4 is 15.5 Å². The smallest absolute Gasteiger partial charge is 0.407 e. The van der Waals surface area contributed by atoms with Gasteiger partial charge in [0.15, 0.2) is 0 Å². The van der Waals surface area contributed by atoms with Crippen LogP contribution in [0.4, 0.5) is 15.0 Å². The van der Waals surface area contributed by atoms with Gasteiger partial charge in [0.25, 0.3) is 0 Å². The number of aliphatic hydroxyl groups excluding tert-OH is 2. The number of ether oxygens (including phenoxy) is 1. The van der Waals surface area contributed by atoms with E-state index in [9.17, 15) is 24.2 Å². The first kappa shape index (κ1) is 36.8. The number of nitrogens with zero attached hydrogens (tertiary/aromatic N) is 2. The fourth-order valence-corrected chi connectivity index (χ4v) is 6.23. The molecule has 2 aromatic carbocycles. The number of pyridine rings is 1. The number of nitrogens with one attached hydrogen (secondary N) is 2. The average molecular weight is 663 g/mol. The highest BCUT2D eigenvalue weighted by molar-refractivity contribution is 5.79. The number of carbonyl (C=O) groups is 2. The van der Waals surface area contributed by atoms with Gasteiger partial charge >= 0.3 is 6.09 Å². The van der Waals surface area contributed by atoms with E-state index in [0.29, 0.717) is 12.0 Å². The number of hydrogen-bond acceptors (Lipinski definition) is 7. The molecule has 2 amide bonds. The Balaban J connectivity index is 1.56. The first-order chi connectivity index (χ1) is 22.7. The maximum absolute atomic E-state index is 14.8. The van der Waals surface area contributed by atoms with Gasteiger partial charge in [-0.2, -0.15) is 0 Å². The van der Waals surface area contributed by atoms with E-state index in [2.05, 4.69) is 15.6 Å². The number of hydrogen-bond donors (Lipinski definition) is 4. The van der Waals surface area contributed by atoms with Crippen molar-refractivity contribution < 1.29 is 28.9 Å². The Bertz CT molecular complexity index is 1480. The fourth-order valence-electron chi connectivity index (χ4n) is 6.23. The lowest BCUT2D eigenvalue weighted by Crippen LogP contribution is -2.52. The third-order valence-corrected chi connectivity index (χ3v) is 8.93. The fraction of sp³-hybridized carbons (Fsp3) is 0.500. The molecule has 10 heteroatoms. The minimum Gasteiger partial charge on any atom is -0.444 e. The van der Waals surface area contributed by atoms with E-state index < -0.39 is 47.7 Å². The summed E-state index contributed by atoms with van der Waals surface area (Å²) >= 11 is 0. The van der Waals surface area contributed by atoms with Gasteiger partial charge in [0.05, 0.1) is 24.3 Å². The van der Waals surface area contributed by atoms with Crippen molar-refractivity contribution in [1.82, 2.24) is 15.6 Å². The van der Waals surface area contributed by atoms with Crippen molar-refractivity contribution in [1.29, 1.82) is 0 Å². The summed E-state index contributed by atoms with van der Waals surface area (Å²) in [5.41, 5.74) is 2.36. The van der Waals surface area contributed by atoms with Crippen LogP contribution in [0.25, 0.3) is 11.1 Å². The third-order valence-electron chi connectivity index (χ3n) is 8.93. The van der Waals surface area contributed by atoms with E-state index in [1.807, 2.05) is 68.5 Å². The number of anilines is 1. The molecule has 48 heavy (non-hydrogen) atoms. The second kappa shape index (κ2) is 16.4. The molecule has 3 aromatic rings. The van der Waals surface area contributed by atoms with Gasteiger partial charge in [0, 0.05) is 31.8 Å². The minimum atomic E-state index is -1.18. The normalized spacial score (nSPS) is 19.9. The molecule has 9 nitrogen and oxygen atoms in total. The molecule has 260 valence electrons. The highest BCUT2D eigenvalue weighted by Gasteiger charge is 2.35. The highest BCUT2D eigenvalue weighted by Crippen LogP contribution is 2.27. The Morgan fingerprint density at radius 3 is 2.31 bits per heavy atom. The first-order valence-corrected chi connectivity index (χ1v) is 16.8. The van der Waals surface area contributed by atoms with Crippen LogP contribution in [0.1, 0.15) is 64.5 Å². The molecular weight excluding hydrogens is 611 g/mol. The lowest BCUT2D eigenvalue weighted by atomic mass is 9.82. The second-order valence-electron chi connectivity index (χ2n) is 14.3. The molecule has 1 saturated carbocycles. The molecule has 1 fully saturated rings. The van der Waals surface area contributed by atoms with Crippen LogP contribution in [0.5, 0.6) is 0 Å². The van der Waals surface area contributed by atoms with Crippen LogP contribution in [-0.4, -0.2) is 71.2 Å². The zero-order chi connectivity index (χ0) is 35.0. The maximum atomic E-state index is 14.8. The second-order valence-corrected chi connectivity index (χ2v) is 14.3. The molecule has 1 aliphatic carbocycles. The average Bonchev–Trinajstić information content (AvgIpc) is 3.02. The standard InChI is InChI=1S/C38H51FN4O5/c1-24-10-9-13-32(44)35(24)42-36(46)29(21-27-11-7-8-12-30(27)39)22-33(45)31(41-37(47)48-38(2,3)4)20-25-14-16-26(17-15-25)28-18-19-34(40-23-28)43(5)6/h7-8,11-12,14-19,23-24,29,31-33,35,44-45H,9-10,13,20-22H2,1-6H3,(H,41,47)(H,42,46)/t24-,29-,31+,32-,33+,35+/m1/s1. The molecule has 0 bridgehead atoms. The predicted molar refractivity (Wildman–Crippen MR) is 186 cm³/mol. The van der Waals surface area contributed by atoms with Crippen molar-refractivity contribution in [2.45, 2.75) is 96.1 Å². The maximum Gasteiger partial charge on any atom is 0.407 e. The van der Waals surface area contributed by atoms with E-state index in [1.54, 1.807) is 39.0 Å². The van der Waals surface area contributed by atoms with E-state index >= 15 is 0 Å². The summed E-state index contributed by atoms with van der Waals surface area (Å²) in [7, 11) is 3.87. The third kappa shape index (κ3) is 10.5. The highest BCUT2D eigenvalue weighted by atomic mass is 19.1. The number of amides is 2. The molecule has 0 spiro atoms. The lowest BCUT2D eigenvalue weighted by Gasteiger charge is -2.35. The molecule has 1 heterocycles. The molecule has 6 atom stereocenters. The summed E-state index contributed by atoms with van der Waals surface area (Å²) in [5, 5.41) is 28.2. The molecule has 0 saturated heterocycles. The number of halogens is 1. The van der Waals surface area contributed by atoms with Crippen LogP contribution >= 0.6 is 0 Å². The van der Waals surface area contributed by atoms with Gasteiger partial charge in [-0.3, -0.25) is 4.79 Å². The van der Waals surface area contributed by atoms with Crippen molar-refractivity contribution in [3.05, 3.63) is 83.8 Å². The van der Waals surface area contributed by atoms with Gasteiger partial charge in [-0.05, 0) is 93.7 Å². The van der Waals surface area contributed by atoms with E-state index in [0.717, 1.165) is 35.3 Å². The van der Waals surface area contributed by atoms with Gasteiger partial charge in [-0.1, -0.05) is 55.8 Å². The molecule has 0 radical (unpaired) electrons. The number of alkyl carbamates (subject to hydrolysis) is 1. The molecule has 4 N–H and O–H groups in total. The molecule has 1 aliphatic rings. The summed E-state index contributed by atoms with van der Waals surface area (Å²) in [5.74, 6) is -0.716. The van der Waals surface area contributed by atoms with E-state index in [1.165, 1.54) is 6.07 Å². The van der Waals surface area contributed by atoms with Gasteiger partial charge in [0.2, 0.25) is 5.91 Å². The predicted octanol–water partition coefficient (Wildman–Crippen LogP) is 5.67. The summed E-state index contributed by atoms with van der Waals surface area (Å²) < 4.78 is 20.3. The zero-order valence-electron chi connectivity index (χ0n) is 28.9. The number of rotatable bonds is 12. The molecule has 0 unspecified atom stereocenters. The number of carbonyl (C=O) groups excluding carboxylic acids is 2. The Morgan fingerprint density at radius 2 is 1.71 bits per heavy atom. The molecule has 1 aromatic heterocycles. The Hall–Kier alpha value is -4.02. The van der Waals surface area contributed by atoms with Crippen molar-refractivity contribution in [3.8, 4) is 11.1 Å². The Labute approximate surface area is 283 Å². The van der Waals surface area contributed by atoms with Crippen molar-refractivity contribution >= 4 is 17.8 Å². The van der Waals surface area contributed by atoms with E-state index in [4.69, 9.17) is 4.74 Å². The quantitative estimate of drug-likeness (QED) is 0.197. The Morgan fingerprint density at radius 1 is 1.02 bits per heavy atom. The van der Waals surface area contributed by atoms with Crippen LogP contribution in [0.3, 0.4) is 0 Å². The lowest BCUT2D eigenvalue weighted by molar-refractivity contribution is -0.128. The van der Waals surface area contributed by atoms with Crippen LogP contribution in [0.2, 0.25) is 0 Å². The SMILES string of the molecule is C[C@@H]1CCC[C@@H](O)[C@H]1NC(=O)[C@H](Cc1ccccc1F)C[C@H](O)[C@H](Cc1ccc(-c2ccc(N(C)C)nc2)cc1)NC(=O)OC(C)(C)C. The van der Waals surface area contributed by atoms with Crippen LogP contribution in [0.15, 0.2) is 66.9 Å². The number of benzene rings is 2. The zero-order valence-corrected chi connectivity index (χ0v) is 28.9. The van der Waals surface area contributed by atoms with Crippen molar-refractivity contribution in [3.63, 3.8) is 0 Å². The minimum absolute atomic E-state index is 0.0429. The molecular formula is C38H51FN4O5.